The van der Waals surface area contributed by atoms with Gasteiger partial charge in [0.15, 0.2) is 5.79 Å². The zero-order valence-electron chi connectivity index (χ0n) is 18.3. The average Bonchev–Trinajstić information content (AvgIpc) is 2.88. The van der Waals surface area contributed by atoms with Gasteiger partial charge in [0.2, 0.25) is 0 Å². The van der Waals surface area contributed by atoms with Gasteiger partial charge in [-0.2, -0.15) is 0 Å². The van der Waals surface area contributed by atoms with Crippen molar-refractivity contribution in [1.82, 2.24) is 0 Å². The fourth-order valence-corrected chi connectivity index (χ4v) is 3.84. The molecule has 5 nitrogen and oxygen atoms in total. The second-order valence-electron chi connectivity index (χ2n) is 8.50. The molecule has 0 radical (unpaired) electrons. The Kier molecular flexibility index (Phi) is 7.80. The van der Waals surface area contributed by atoms with E-state index in [1.807, 2.05) is 58.1 Å². The molecule has 4 atom stereocenters. The highest BCUT2D eigenvalue weighted by molar-refractivity contribution is 5.94. The summed E-state index contributed by atoms with van der Waals surface area (Å²) in [5, 5.41) is 19.0. The van der Waals surface area contributed by atoms with E-state index in [2.05, 4.69) is 13.0 Å². The van der Waals surface area contributed by atoms with E-state index in [0.29, 0.717) is 24.0 Å². The van der Waals surface area contributed by atoms with Crippen molar-refractivity contribution in [3.05, 3.63) is 52.6 Å². The Labute approximate surface area is 174 Å². The highest BCUT2D eigenvalue weighted by atomic mass is 16.7. The molecular weight excluding hydrogens is 368 g/mol. The van der Waals surface area contributed by atoms with Crippen LogP contribution in [0.15, 0.2) is 30.4 Å². The van der Waals surface area contributed by atoms with Crippen molar-refractivity contribution in [3.63, 3.8) is 0 Å². The van der Waals surface area contributed by atoms with Gasteiger partial charge >= 0.3 is 5.97 Å². The van der Waals surface area contributed by atoms with Crippen LogP contribution >= 0.6 is 0 Å². The summed E-state index contributed by atoms with van der Waals surface area (Å²) in [5.41, 5.74) is 2.83. The molecule has 1 heterocycles. The van der Waals surface area contributed by atoms with Gasteiger partial charge in [0.25, 0.3) is 0 Å². The lowest BCUT2D eigenvalue weighted by atomic mass is 9.95. The molecule has 29 heavy (non-hydrogen) atoms. The lowest BCUT2D eigenvalue weighted by Crippen LogP contribution is -2.28. The number of hydrogen-bond donors (Lipinski definition) is 2. The number of aliphatic hydroxyl groups excluding tert-OH is 1. The topological polar surface area (TPSA) is 76.0 Å². The Bertz CT molecular complexity index is 776. The maximum absolute atomic E-state index is 11.6. The molecular formula is C24H34O5. The first-order valence-corrected chi connectivity index (χ1v) is 10.2. The van der Waals surface area contributed by atoms with Crippen molar-refractivity contribution in [2.24, 2.45) is 5.92 Å². The van der Waals surface area contributed by atoms with E-state index < -0.39 is 11.8 Å². The van der Waals surface area contributed by atoms with Gasteiger partial charge in [0.1, 0.15) is 0 Å². The summed E-state index contributed by atoms with van der Waals surface area (Å²) in [6.07, 6.45) is 8.49. The number of rotatable bonds is 8. The van der Waals surface area contributed by atoms with Gasteiger partial charge in [-0.15, -0.1) is 0 Å². The molecule has 1 aliphatic rings. The van der Waals surface area contributed by atoms with Crippen molar-refractivity contribution in [3.8, 4) is 0 Å². The molecule has 1 unspecified atom stereocenters. The number of carboxylic acid groups (broad SMARTS) is 1. The summed E-state index contributed by atoms with van der Waals surface area (Å²) in [6.45, 7) is 11.4. The van der Waals surface area contributed by atoms with Gasteiger partial charge in [-0.3, -0.25) is 0 Å². The predicted molar refractivity (Wildman–Crippen MR) is 115 cm³/mol. The minimum Gasteiger partial charge on any atom is -0.478 e. The Balaban J connectivity index is 2.15. The molecule has 160 valence electrons. The summed E-state index contributed by atoms with van der Waals surface area (Å²) in [6, 6.07) is 3.77. The first kappa shape index (κ1) is 23.3. The molecule has 1 saturated heterocycles. The van der Waals surface area contributed by atoms with E-state index in [4.69, 9.17) is 9.47 Å². The molecule has 0 spiro atoms. The van der Waals surface area contributed by atoms with Crippen LogP contribution in [0.3, 0.4) is 0 Å². The monoisotopic (exact) mass is 402 g/mol. The highest BCUT2D eigenvalue weighted by Crippen LogP contribution is 2.34. The lowest BCUT2D eigenvalue weighted by molar-refractivity contribution is -0.148. The van der Waals surface area contributed by atoms with Crippen LogP contribution in [-0.2, 0) is 9.47 Å². The van der Waals surface area contributed by atoms with Crippen molar-refractivity contribution >= 4 is 12.0 Å². The van der Waals surface area contributed by atoms with E-state index in [0.717, 1.165) is 11.1 Å². The number of carboxylic acids is 1. The van der Waals surface area contributed by atoms with Crippen molar-refractivity contribution in [2.45, 2.75) is 78.5 Å². The molecule has 0 saturated carbocycles. The van der Waals surface area contributed by atoms with Crippen LogP contribution in [0.4, 0.5) is 0 Å². The first-order chi connectivity index (χ1) is 13.5. The fourth-order valence-electron chi connectivity index (χ4n) is 3.84. The van der Waals surface area contributed by atoms with Crippen molar-refractivity contribution in [1.29, 1.82) is 0 Å². The molecule has 1 fully saturated rings. The molecule has 1 aliphatic heterocycles. The van der Waals surface area contributed by atoms with Crippen LogP contribution in [0.2, 0.25) is 0 Å². The molecule has 1 aromatic rings. The minimum absolute atomic E-state index is 0.113. The molecule has 2 N–H and O–H groups in total. The normalized spacial score (nSPS) is 23.7. The zero-order valence-corrected chi connectivity index (χ0v) is 18.3. The molecule has 0 aliphatic carbocycles. The third-order valence-corrected chi connectivity index (χ3v) is 5.05. The fraction of sp³-hybridized carbons (Fsp3) is 0.542. The van der Waals surface area contributed by atoms with Crippen molar-refractivity contribution < 1.29 is 24.5 Å². The van der Waals surface area contributed by atoms with Gasteiger partial charge in [0.05, 0.1) is 23.9 Å². The van der Waals surface area contributed by atoms with Crippen LogP contribution in [0.1, 0.15) is 67.6 Å². The molecule has 1 aromatic carbocycles. The van der Waals surface area contributed by atoms with E-state index in [-0.39, 0.29) is 24.2 Å². The SMILES string of the molecule is Cc1cc(C)c(C(=O)O)c(/C=C/C[C@@H]2OC(C)(C)O[C@@H]2C(C)/C=C\C[C@H](C)O)c1. The van der Waals surface area contributed by atoms with E-state index in [1.165, 1.54) is 0 Å². The number of benzene rings is 1. The van der Waals surface area contributed by atoms with Crippen LogP contribution in [0.25, 0.3) is 6.08 Å². The summed E-state index contributed by atoms with van der Waals surface area (Å²) < 4.78 is 12.2. The molecule has 0 aromatic heterocycles. The van der Waals surface area contributed by atoms with Gasteiger partial charge in [-0.05, 0) is 58.6 Å². The molecule has 0 bridgehead atoms. The van der Waals surface area contributed by atoms with Gasteiger partial charge in [-0.25, -0.2) is 4.79 Å². The average molecular weight is 403 g/mol. The standard InChI is InChI=1S/C24H34O5/c1-15-13-17(3)21(23(26)27)19(14-15)11-8-12-20-22(29-24(5,6)28-20)16(2)9-7-10-18(4)25/h7-9,11,13-14,16,18,20,22,25H,10,12H2,1-6H3,(H,26,27)/b9-7-,11-8+/t16?,18-,20-,22+/m0/s1. The smallest absolute Gasteiger partial charge is 0.336 e. The number of carbonyl (C=O) groups is 1. The van der Waals surface area contributed by atoms with E-state index in [1.54, 1.807) is 6.92 Å². The Morgan fingerprint density at radius 2 is 1.90 bits per heavy atom. The number of aromatic carboxylic acids is 1. The minimum atomic E-state index is -0.918. The van der Waals surface area contributed by atoms with Gasteiger partial charge in [-0.1, -0.05) is 48.9 Å². The number of hydrogen-bond acceptors (Lipinski definition) is 4. The van der Waals surface area contributed by atoms with Crippen LogP contribution in [0, 0.1) is 19.8 Å². The highest BCUT2D eigenvalue weighted by Gasteiger charge is 2.42. The second kappa shape index (κ2) is 9.70. The summed E-state index contributed by atoms with van der Waals surface area (Å²) in [7, 11) is 0. The molecule has 0 amide bonds. The Morgan fingerprint density at radius 1 is 1.21 bits per heavy atom. The third kappa shape index (κ3) is 6.53. The number of aliphatic hydroxyl groups is 1. The number of aryl methyl sites for hydroxylation is 2. The van der Waals surface area contributed by atoms with E-state index >= 15 is 0 Å². The van der Waals surface area contributed by atoms with Crippen LogP contribution in [0.5, 0.6) is 0 Å². The van der Waals surface area contributed by atoms with Gasteiger partial charge < -0.3 is 19.7 Å². The number of ether oxygens (including phenoxy) is 2. The maximum atomic E-state index is 11.6. The third-order valence-electron chi connectivity index (χ3n) is 5.05. The zero-order chi connectivity index (χ0) is 21.8. The van der Waals surface area contributed by atoms with Crippen LogP contribution < -0.4 is 0 Å². The molecule has 2 rings (SSSR count). The quantitative estimate of drug-likeness (QED) is 0.606. The second-order valence-corrected chi connectivity index (χ2v) is 8.50. The van der Waals surface area contributed by atoms with Gasteiger partial charge in [0, 0.05) is 5.92 Å². The Morgan fingerprint density at radius 3 is 2.52 bits per heavy atom. The predicted octanol–water partition coefficient (Wildman–Crippen LogP) is 4.89. The first-order valence-electron chi connectivity index (χ1n) is 10.2. The van der Waals surface area contributed by atoms with E-state index in [9.17, 15) is 15.0 Å². The molecule has 5 heteroatoms. The summed E-state index contributed by atoms with van der Waals surface area (Å²) >= 11 is 0. The Hall–Kier alpha value is -1.95. The summed E-state index contributed by atoms with van der Waals surface area (Å²) in [5.74, 6) is -1.45. The van der Waals surface area contributed by atoms with Crippen molar-refractivity contribution in [2.75, 3.05) is 0 Å². The largest absolute Gasteiger partial charge is 0.478 e. The summed E-state index contributed by atoms with van der Waals surface area (Å²) in [4.78, 5) is 11.6. The van der Waals surface area contributed by atoms with Crippen LogP contribution in [-0.4, -0.2) is 40.3 Å². The lowest BCUT2D eigenvalue weighted by Gasteiger charge is -2.20. The maximum Gasteiger partial charge on any atom is 0.336 e.